The van der Waals surface area contributed by atoms with Crippen molar-refractivity contribution in [1.82, 2.24) is 0 Å². The van der Waals surface area contributed by atoms with Crippen LogP contribution >= 0.6 is 0 Å². The zero-order chi connectivity index (χ0) is 15.7. The van der Waals surface area contributed by atoms with Crippen LogP contribution in [0.25, 0.3) is 0 Å². The van der Waals surface area contributed by atoms with Crippen LogP contribution in [0.15, 0.2) is 96.3 Å². The van der Waals surface area contributed by atoms with Crippen LogP contribution in [-0.2, 0) is 15.1 Å². The monoisotopic (exact) mass is 300 g/mol. The van der Waals surface area contributed by atoms with Crippen LogP contribution in [0.2, 0.25) is 0 Å². The lowest BCUT2D eigenvalue weighted by Crippen LogP contribution is -2.34. The van der Waals surface area contributed by atoms with E-state index in [1.165, 1.54) is 0 Å². The van der Waals surface area contributed by atoms with Crippen LogP contribution in [0.4, 0.5) is 0 Å². The highest BCUT2D eigenvalue weighted by molar-refractivity contribution is 6.08. The normalized spacial score (nSPS) is 18.5. The first-order valence-electron chi connectivity index (χ1n) is 7.71. The standard InChI is InChI=1S/C21H16O2/c22-20-13-7-8-16-14-21(23-15-19(16)20,17-9-3-1-4-10-17)18-11-5-2-6-12-18/h1-13,15H,14H2. The molecule has 0 radical (unpaired) electrons. The Bertz CT molecular complexity index is 787. The minimum atomic E-state index is -0.594. The van der Waals surface area contributed by atoms with Gasteiger partial charge in [-0.05, 0) is 11.6 Å². The van der Waals surface area contributed by atoms with E-state index in [-0.39, 0.29) is 5.78 Å². The summed E-state index contributed by atoms with van der Waals surface area (Å²) in [5, 5.41) is 0. The second-order valence-electron chi connectivity index (χ2n) is 5.80. The molecule has 2 aromatic carbocycles. The van der Waals surface area contributed by atoms with E-state index >= 15 is 0 Å². The van der Waals surface area contributed by atoms with Crippen molar-refractivity contribution >= 4 is 5.78 Å². The second-order valence-corrected chi connectivity index (χ2v) is 5.80. The molecule has 0 N–H and O–H groups in total. The van der Waals surface area contributed by atoms with Gasteiger partial charge in [-0.15, -0.1) is 0 Å². The topological polar surface area (TPSA) is 26.3 Å². The molecule has 4 rings (SSSR count). The molecule has 23 heavy (non-hydrogen) atoms. The summed E-state index contributed by atoms with van der Waals surface area (Å²) in [6.07, 6.45) is 7.68. The third-order valence-electron chi connectivity index (χ3n) is 4.45. The van der Waals surface area contributed by atoms with Gasteiger partial charge in [0.15, 0.2) is 11.4 Å². The van der Waals surface area contributed by atoms with Gasteiger partial charge in [-0.1, -0.05) is 72.8 Å². The molecule has 112 valence electrons. The van der Waals surface area contributed by atoms with Crippen LogP contribution < -0.4 is 0 Å². The molecule has 0 unspecified atom stereocenters. The number of ketones is 1. The van der Waals surface area contributed by atoms with Crippen molar-refractivity contribution in [3.05, 3.63) is 107 Å². The lowest BCUT2D eigenvalue weighted by Gasteiger charge is -2.39. The van der Waals surface area contributed by atoms with Gasteiger partial charge in [-0.25, -0.2) is 0 Å². The molecule has 0 aromatic heterocycles. The first-order chi connectivity index (χ1) is 11.3. The zero-order valence-corrected chi connectivity index (χ0v) is 12.6. The molecule has 0 amide bonds. The van der Waals surface area contributed by atoms with Gasteiger partial charge in [0.05, 0.1) is 11.8 Å². The van der Waals surface area contributed by atoms with E-state index in [2.05, 4.69) is 24.3 Å². The van der Waals surface area contributed by atoms with Crippen molar-refractivity contribution in [2.75, 3.05) is 0 Å². The average molecular weight is 300 g/mol. The number of carbonyl (C=O) groups is 1. The number of ether oxygens (including phenoxy) is 1. The number of hydrogen-bond donors (Lipinski definition) is 0. The lowest BCUT2D eigenvalue weighted by molar-refractivity contribution is -0.111. The Morgan fingerprint density at radius 2 is 1.48 bits per heavy atom. The van der Waals surface area contributed by atoms with Gasteiger partial charge in [0.25, 0.3) is 0 Å². The molecule has 1 heterocycles. The van der Waals surface area contributed by atoms with Crippen LogP contribution in [0.1, 0.15) is 17.5 Å². The molecular weight excluding hydrogens is 284 g/mol. The smallest absolute Gasteiger partial charge is 0.189 e. The van der Waals surface area contributed by atoms with Crippen LogP contribution in [-0.4, -0.2) is 5.78 Å². The van der Waals surface area contributed by atoms with Crippen molar-refractivity contribution in [3.63, 3.8) is 0 Å². The maximum atomic E-state index is 12.0. The second kappa shape index (κ2) is 5.40. The van der Waals surface area contributed by atoms with Crippen LogP contribution in [0.3, 0.4) is 0 Å². The molecule has 0 saturated heterocycles. The summed E-state index contributed by atoms with van der Waals surface area (Å²) in [5.41, 5.74) is 3.27. The van der Waals surface area contributed by atoms with Gasteiger partial charge in [-0.3, -0.25) is 4.79 Å². The van der Waals surface area contributed by atoms with E-state index in [1.54, 1.807) is 12.3 Å². The first-order valence-corrected chi connectivity index (χ1v) is 7.71. The van der Waals surface area contributed by atoms with Crippen molar-refractivity contribution < 1.29 is 9.53 Å². The van der Waals surface area contributed by atoms with E-state index in [0.717, 1.165) is 16.7 Å². The molecule has 0 bridgehead atoms. The summed E-state index contributed by atoms with van der Waals surface area (Å²) < 4.78 is 6.22. The molecule has 0 saturated carbocycles. The van der Waals surface area contributed by atoms with Gasteiger partial charge >= 0.3 is 0 Å². The number of benzene rings is 2. The number of allylic oxidation sites excluding steroid dienone is 4. The minimum absolute atomic E-state index is 0.0113. The summed E-state index contributed by atoms with van der Waals surface area (Å²) in [6.45, 7) is 0. The summed E-state index contributed by atoms with van der Waals surface area (Å²) in [7, 11) is 0. The Kier molecular flexibility index (Phi) is 3.23. The lowest BCUT2D eigenvalue weighted by atomic mass is 9.77. The molecule has 2 nitrogen and oxygen atoms in total. The van der Waals surface area contributed by atoms with Gasteiger partial charge in [0.1, 0.15) is 0 Å². The highest BCUT2D eigenvalue weighted by Gasteiger charge is 2.41. The molecule has 0 atom stereocenters. The average Bonchev–Trinajstić information content (AvgIpc) is 2.63. The number of carbonyl (C=O) groups excluding carboxylic acids is 1. The minimum Gasteiger partial charge on any atom is -0.484 e. The van der Waals surface area contributed by atoms with Gasteiger partial charge < -0.3 is 4.74 Å². The zero-order valence-electron chi connectivity index (χ0n) is 12.6. The maximum Gasteiger partial charge on any atom is 0.189 e. The summed E-state index contributed by atoms with van der Waals surface area (Å²) in [5.74, 6) is 0.0113. The number of hydrogen-bond acceptors (Lipinski definition) is 2. The summed E-state index contributed by atoms with van der Waals surface area (Å²) in [4.78, 5) is 12.0. The van der Waals surface area contributed by atoms with Crippen LogP contribution in [0.5, 0.6) is 0 Å². The van der Waals surface area contributed by atoms with E-state index in [0.29, 0.717) is 12.0 Å². The Labute approximate surface area is 135 Å². The number of fused-ring (bicyclic) bond motifs is 1. The van der Waals surface area contributed by atoms with E-state index in [1.807, 2.05) is 48.6 Å². The van der Waals surface area contributed by atoms with Gasteiger partial charge in [-0.2, -0.15) is 0 Å². The Morgan fingerprint density at radius 1 is 0.870 bits per heavy atom. The Hall–Kier alpha value is -2.87. The predicted molar refractivity (Wildman–Crippen MR) is 89.7 cm³/mol. The molecule has 1 aliphatic carbocycles. The largest absolute Gasteiger partial charge is 0.484 e. The summed E-state index contributed by atoms with van der Waals surface area (Å²) >= 11 is 0. The van der Waals surface area contributed by atoms with Gasteiger partial charge in [0, 0.05) is 17.5 Å². The molecule has 1 aliphatic heterocycles. The fourth-order valence-electron chi connectivity index (χ4n) is 3.27. The Balaban J connectivity index is 1.90. The van der Waals surface area contributed by atoms with E-state index < -0.39 is 5.60 Å². The molecule has 0 fully saturated rings. The molecular formula is C21H16O2. The Morgan fingerprint density at radius 3 is 2.09 bits per heavy atom. The SMILES string of the molecule is O=C1C=CC=C2CC(c3ccccc3)(c3ccccc3)OC=C12. The third-order valence-corrected chi connectivity index (χ3v) is 4.45. The number of rotatable bonds is 2. The van der Waals surface area contributed by atoms with Crippen LogP contribution in [0, 0.1) is 0 Å². The van der Waals surface area contributed by atoms with Crippen molar-refractivity contribution in [3.8, 4) is 0 Å². The molecule has 2 heteroatoms. The highest BCUT2D eigenvalue weighted by atomic mass is 16.5. The quantitative estimate of drug-likeness (QED) is 0.826. The van der Waals surface area contributed by atoms with Crippen molar-refractivity contribution in [1.29, 1.82) is 0 Å². The van der Waals surface area contributed by atoms with E-state index in [9.17, 15) is 4.79 Å². The maximum absolute atomic E-state index is 12.0. The first kappa shape index (κ1) is 13.8. The third kappa shape index (κ3) is 2.23. The van der Waals surface area contributed by atoms with E-state index in [4.69, 9.17) is 4.74 Å². The highest BCUT2D eigenvalue weighted by Crippen LogP contribution is 2.45. The predicted octanol–water partition coefficient (Wildman–Crippen LogP) is 4.30. The molecule has 0 spiro atoms. The van der Waals surface area contributed by atoms with Crippen molar-refractivity contribution in [2.24, 2.45) is 0 Å². The summed E-state index contributed by atoms with van der Waals surface area (Å²) in [6, 6.07) is 20.4. The molecule has 2 aromatic rings. The van der Waals surface area contributed by atoms with Gasteiger partial charge in [0.2, 0.25) is 0 Å². The fourth-order valence-corrected chi connectivity index (χ4v) is 3.27. The fraction of sp³-hybridized carbons (Fsp3) is 0.0952. The molecule has 2 aliphatic rings. The van der Waals surface area contributed by atoms with Crippen molar-refractivity contribution in [2.45, 2.75) is 12.0 Å².